The summed E-state index contributed by atoms with van der Waals surface area (Å²) in [7, 11) is 0.689. The fraction of sp³-hybridized carbons (Fsp3) is 0.421. The number of carboxylic acid groups (broad SMARTS) is 1. The van der Waals surface area contributed by atoms with Gasteiger partial charge in [0, 0.05) is 38.9 Å². The molecule has 0 aliphatic carbocycles. The third-order valence-corrected chi connectivity index (χ3v) is 6.22. The number of rotatable bonds is 7. The Morgan fingerprint density at radius 2 is 2.04 bits per heavy atom. The molecule has 0 amide bonds. The molecular weight excluding hydrogens is 360 g/mol. The summed E-state index contributed by atoms with van der Waals surface area (Å²) < 4.78 is 9.39. The number of nitrogens with zero attached hydrogens (tertiary/aromatic N) is 4. The van der Waals surface area contributed by atoms with Crippen molar-refractivity contribution in [3.63, 3.8) is 0 Å². The minimum Gasteiger partial charge on any atom is -0.478 e. The van der Waals surface area contributed by atoms with Gasteiger partial charge in [0.15, 0.2) is 0 Å². The first-order chi connectivity index (χ1) is 12.7. The fourth-order valence-electron chi connectivity index (χ4n) is 2.94. The van der Waals surface area contributed by atoms with E-state index in [9.17, 15) is 9.90 Å². The molecule has 7 nitrogen and oxygen atoms in total. The van der Waals surface area contributed by atoms with Crippen molar-refractivity contribution in [2.24, 2.45) is 7.05 Å². The van der Waals surface area contributed by atoms with Crippen LogP contribution in [-0.2, 0) is 18.5 Å². The van der Waals surface area contributed by atoms with Crippen LogP contribution in [0.25, 0.3) is 22.2 Å². The third-order valence-electron chi connectivity index (χ3n) is 4.52. The SMILES string of the molecule is Cc1cc2c(cc1C(=O)O)c(-c1cnn(C)c1)nn2COCC[Si](C)(C)C. The molecule has 0 bridgehead atoms. The second-order valence-corrected chi connectivity index (χ2v) is 13.7. The Morgan fingerprint density at radius 1 is 1.30 bits per heavy atom. The van der Waals surface area contributed by atoms with Crippen LogP contribution in [0.15, 0.2) is 24.5 Å². The molecule has 0 fully saturated rings. The quantitative estimate of drug-likeness (QED) is 0.494. The fourth-order valence-corrected chi connectivity index (χ4v) is 3.70. The van der Waals surface area contributed by atoms with Crippen molar-refractivity contribution in [2.75, 3.05) is 6.61 Å². The molecule has 0 saturated heterocycles. The van der Waals surface area contributed by atoms with E-state index in [1.165, 1.54) is 0 Å². The lowest BCUT2D eigenvalue weighted by molar-refractivity contribution is 0.0696. The van der Waals surface area contributed by atoms with E-state index in [2.05, 4.69) is 24.7 Å². The molecule has 3 aromatic rings. The summed E-state index contributed by atoms with van der Waals surface area (Å²) in [4.78, 5) is 11.6. The monoisotopic (exact) mass is 386 g/mol. The Hall–Kier alpha value is -2.45. The number of carbonyl (C=O) groups is 1. The molecule has 0 unspecified atom stereocenters. The van der Waals surface area contributed by atoms with E-state index in [0.717, 1.165) is 28.2 Å². The highest BCUT2D eigenvalue weighted by molar-refractivity contribution is 6.76. The number of fused-ring (bicyclic) bond motifs is 1. The Morgan fingerprint density at radius 3 is 2.63 bits per heavy atom. The van der Waals surface area contributed by atoms with Gasteiger partial charge in [-0.05, 0) is 30.7 Å². The van der Waals surface area contributed by atoms with Crippen LogP contribution in [0, 0.1) is 6.92 Å². The highest BCUT2D eigenvalue weighted by Gasteiger charge is 2.18. The van der Waals surface area contributed by atoms with Crippen molar-refractivity contribution in [1.29, 1.82) is 0 Å². The van der Waals surface area contributed by atoms with Gasteiger partial charge in [-0.15, -0.1) is 0 Å². The lowest BCUT2D eigenvalue weighted by Gasteiger charge is -2.15. The van der Waals surface area contributed by atoms with E-state index in [-0.39, 0.29) is 5.56 Å². The number of hydrogen-bond donors (Lipinski definition) is 1. The van der Waals surface area contributed by atoms with E-state index in [0.29, 0.717) is 18.9 Å². The molecule has 2 heterocycles. The number of benzene rings is 1. The van der Waals surface area contributed by atoms with Crippen LogP contribution in [0.3, 0.4) is 0 Å². The third kappa shape index (κ3) is 4.28. The minimum absolute atomic E-state index is 0.284. The van der Waals surface area contributed by atoms with Crippen LogP contribution in [-0.4, -0.2) is 45.3 Å². The van der Waals surface area contributed by atoms with Gasteiger partial charge in [-0.25, -0.2) is 9.48 Å². The van der Waals surface area contributed by atoms with Crippen LogP contribution < -0.4 is 0 Å². The summed E-state index contributed by atoms with van der Waals surface area (Å²) in [6.45, 7) is 9.79. The predicted octanol–water partition coefficient (Wildman–Crippen LogP) is 3.76. The van der Waals surface area contributed by atoms with Crippen molar-refractivity contribution >= 4 is 24.9 Å². The van der Waals surface area contributed by atoms with Crippen molar-refractivity contribution in [1.82, 2.24) is 19.6 Å². The molecule has 3 rings (SSSR count). The molecule has 0 aliphatic rings. The van der Waals surface area contributed by atoms with Gasteiger partial charge in [0.1, 0.15) is 12.4 Å². The molecule has 0 atom stereocenters. The Kier molecular flexibility index (Phi) is 5.21. The average Bonchev–Trinajstić information content (AvgIpc) is 3.13. The van der Waals surface area contributed by atoms with Gasteiger partial charge in [0.2, 0.25) is 0 Å². The largest absolute Gasteiger partial charge is 0.478 e. The Labute approximate surface area is 159 Å². The molecule has 2 aromatic heterocycles. The molecule has 0 aliphatic heterocycles. The number of aryl methyl sites for hydroxylation is 2. The maximum absolute atomic E-state index is 11.6. The van der Waals surface area contributed by atoms with Crippen LogP contribution in [0.4, 0.5) is 0 Å². The first-order valence-electron chi connectivity index (χ1n) is 8.97. The minimum atomic E-state index is -1.15. The zero-order chi connectivity index (χ0) is 19.8. The summed E-state index contributed by atoms with van der Waals surface area (Å²) in [5, 5.41) is 19.2. The topological polar surface area (TPSA) is 82.2 Å². The second-order valence-electron chi connectivity index (χ2n) is 8.09. The summed E-state index contributed by atoms with van der Waals surface area (Å²) >= 11 is 0. The van der Waals surface area contributed by atoms with Gasteiger partial charge >= 0.3 is 5.97 Å². The molecule has 144 valence electrons. The zero-order valence-electron chi connectivity index (χ0n) is 16.5. The number of carboxylic acids is 1. The van der Waals surface area contributed by atoms with E-state index in [1.807, 2.05) is 19.3 Å². The summed E-state index contributed by atoms with van der Waals surface area (Å²) in [6.07, 6.45) is 3.61. The maximum atomic E-state index is 11.6. The number of ether oxygens (including phenoxy) is 1. The molecular formula is C19H26N4O3Si. The highest BCUT2D eigenvalue weighted by atomic mass is 28.3. The highest BCUT2D eigenvalue weighted by Crippen LogP contribution is 2.30. The lowest BCUT2D eigenvalue weighted by Crippen LogP contribution is -2.22. The van der Waals surface area contributed by atoms with Gasteiger partial charge in [-0.1, -0.05) is 19.6 Å². The van der Waals surface area contributed by atoms with Crippen molar-refractivity contribution in [3.8, 4) is 11.3 Å². The average molecular weight is 387 g/mol. The van der Waals surface area contributed by atoms with E-state index >= 15 is 0 Å². The molecule has 0 spiro atoms. The number of aromatic nitrogens is 4. The van der Waals surface area contributed by atoms with E-state index < -0.39 is 14.0 Å². The predicted molar refractivity (Wildman–Crippen MR) is 108 cm³/mol. The molecule has 1 N–H and O–H groups in total. The number of aromatic carboxylic acids is 1. The van der Waals surface area contributed by atoms with Gasteiger partial charge < -0.3 is 9.84 Å². The van der Waals surface area contributed by atoms with Gasteiger partial charge in [-0.2, -0.15) is 10.2 Å². The van der Waals surface area contributed by atoms with Gasteiger partial charge in [-0.3, -0.25) is 4.68 Å². The van der Waals surface area contributed by atoms with Crippen LogP contribution >= 0.6 is 0 Å². The second kappa shape index (κ2) is 7.28. The lowest BCUT2D eigenvalue weighted by atomic mass is 10.0. The van der Waals surface area contributed by atoms with Crippen molar-refractivity contribution < 1.29 is 14.6 Å². The Balaban J connectivity index is 2.00. The molecule has 1 aromatic carbocycles. The van der Waals surface area contributed by atoms with Crippen LogP contribution in [0.5, 0.6) is 0 Å². The number of hydrogen-bond acceptors (Lipinski definition) is 4. The van der Waals surface area contributed by atoms with Crippen molar-refractivity contribution in [2.45, 2.75) is 39.3 Å². The van der Waals surface area contributed by atoms with E-state index in [4.69, 9.17) is 9.84 Å². The van der Waals surface area contributed by atoms with Crippen molar-refractivity contribution in [3.05, 3.63) is 35.7 Å². The Bertz CT molecular complexity index is 985. The normalized spacial score (nSPS) is 12.0. The van der Waals surface area contributed by atoms with E-state index in [1.54, 1.807) is 28.6 Å². The first kappa shape index (κ1) is 19.3. The van der Waals surface area contributed by atoms with Gasteiger partial charge in [0.25, 0.3) is 0 Å². The van der Waals surface area contributed by atoms with Crippen LogP contribution in [0.1, 0.15) is 15.9 Å². The molecule has 0 saturated carbocycles. The standard InChI is InChI=1S/C19H26N4O3Si/c1-13-8-17-16(9-15(13)19(24)25)18(14-10-20-22(2)11-14)21-23(17)12-26-6-7-27(3,4)5/h8-11H,6-7,12H2,1-5H3,(H,24,25). The first-order valence-corrected chi connectivity index (χ1v) is 12.7. The smallest absolute Gasteiger partial charge is 0.335 e. The summed E-state index contributed by atoms with van der Waals surface area (Å²) in [6, 6.07) is 4.65. The van der Waals surface area contributed by atoms with Gasteiger partial charge in [0.05, 0.1) is 17.3 Å². The maximum Gasteiger partial charge on any atom is 0.335 e. The molecule has 27 heavy (non-hydrogen) atoms. The summed E-state index contributed by atoms with van der Waals surface area (Å²) in [5.74, 6) is -0.939. The zero-order valence-corrected chi connectivity index (χ0v) is 17.5. The summed E-state index contributed by atoms with van der Waals surface area (Å²) in [5.41, 5.74) is 3.42. The molecule has 8 heteroatoms. The molecule has 0 radical (unpaired) electrons. The van der Waals surface area contributed by atoms with Crippen LogP contribution in [0.2, 0.25) is 25.7 Å².